The summed E-state index contributed by atoms with van der Waals surface area (Å²) in [5.41, 5.74) is 4.13. The molecule has 0 aliphatic rings. The zero-order valence-electron chi connectivity index (χ0n) is 22.6. The third-order valence-corrected chi connectivity index (χ3v) is 6.98. The lowest BCUT2D eigenvalue weighted by molar-refractivity contribution is 0.104. The van der Waals surface area contributed by atoms with Gasteiger partial charge in [-0.1, -0.05) is 39.5 Å². The highest BCUT2D eigenvalue weighted by Crippen LogP contribution is 2.36. The Morgan fingerprint density at radius 1 is 0.946 bits per heavy atom. The van der Waals surface area contributed by atoms with Crippen molar-refractivity contribution in [2.24, 2.45) is 0 Å². The number of hydrogen-bond acceptors (Lipinski definition) is 6. The first-order chi connectivity index (χ1) is 17.9. The summed E-state index contributed by atoms with van der Waals surface area (Å²) in [4.78, 5) is 39.1. The number of ether oxygens (including phenoxy) is 2. The van der Waals surface area contributed by atoms with Crippen molar-refractivity contribution < 1.29 is 14.3 Å². The van der Waals surface area contributed by atoms with Gasteiger partial charge in [-0.2, -0.15) is 0 Å². The van der Waals surface area contributed by atoms with Gasteiger partial charge in [0.25, 0.3) is 5.56 Å². The van der Waals surface area contributed by atoms with Crippen LogP contribution in [0.5, 0.6) is 5.75 Å². The number of carbonyl (C=O) groups is 1. The molecule has 8 nitrogen and oxygen atoms in total. The van der Waals surface area contributed by atoms with Gasteiger partial charge in [-0.3, -0.25) is 9.78 Å². The third kappa shape index (κ3) is 5.43. The van der Waals surface area contributed by atoms with E-state index in [1.54, 1.807) is 13.0 Å². The second-order valence-electron chi connectivity index (χ2n) is 9.63. The van der Waals surface area contributed by atoms with E-state index in [2.05, 4.69) is 28.7 Å². The molecule has 8 heteroatoms. The third-order valence-electron chi connectivity index (χ3n) is 6.98. The van der Waals surface area contributed by atoms with E-state index in [1.807, 2.05) is 26.0 Å². The molecule has 0 aliphatic heterocycles. The number of nitrogens with zero attached hydrogens (tertiary/aromatic N) is 2. The zero-order chi connectivity index (χ0) is 26.5. The lowest BCUT2D eigenvalue weighted by atomic mass is 9.99. The van der Waals surface area contributed by atoms with Gasteiger partial charge in [0.2, 0.25) is 5.95 Å². The lowest BCUT2D eigenvalue weighted by Crippen LogP contribution is -2.30. The van der Waals surface area contributed by atoms with Crippen LogP contribution in [0.15, 0.2) is 23.0 Å². The van der Waals surface area contributed by atoms with Gasteiger partial charge >= 0.3 is 6.16 Å². The van der Waals surface area contributed by atoms with Crippen LogP contribution in [-0.4, -0.2) is 40.8 Å². The van der Waals surface area contributed by atoms with Crippen LogP contribution in [0.25, 0.3) is 32.7 Å². The number of unbranched alkanes of at least 4 members (excludes halogenated alkanes) is 4. The van der Waals surface area contributed by atoms with Crippen molar-refractivity contribution in [2.45, 2.75) is 73.1 Å². The van der Waals surface area contributed by atoms with Gasteiger partial charge < -0.3 is 19.4 Å². The summed E-state index contributed by atoms with van der Waals surface area (Å²) < 4.78 is 10.3. The number of H-pyrrole nitrogens is 2. The molecule has 0 amide bonds. The van der Waals surface area contributed by atoms with Gasteiger partial charge in [0, 0.05) is 29.4 Å². The highest BCUT2D eigenvalue weighted by atomic mass is 16.7. The number of anilines is 1. The van der Waals surface area contributed by atoms with Crippen LogP contribution in [0, 0.1) is 13.8 Å². The van der Waals surface area contributed by atoms with E-state index >= 15 is 0 Å². The highest BCUT2D eigenvalue weighted by Gasteiger charge is 2.20. The maximum Gasteiger partial charge on any atom is 0.513 e. The molecule has 0 saturated heterocycles. The maximum absolute atomic E-state index is 13.4. The second-order valence-corrected chi connectivity index (χ2v) is 9.63. The van der Waals surface area contributed by atoms with Gasteiger partial charge in [-0.05, 0) is 62.9 Å². The summed E-state index contributed by atoms with van der Waals surface area (Å²) in [6, 6.07) is 5.44. The van der Waals surface area contributed by atoms with Crippen molar-refractivity contribution in [1.82, 2.24) is 15.0 Å². The molecule has 0 aliphatic carbocycles. The minimum absolute atomic E-state index is 0.122. The first-order valence-corrected chi connectivity index (χ1v) is 13.5. The normalized spacial score (nSPS) is 11.5. The summed E-state index contributed by atoms with van der Waals surface area (Å²) in [5, 5.41) is 2.48. The topological polar surface area (TPSA) is 100 Å². The molecular weight excluding hydrogens is 468 g/mol. The number of benzene rings is 2. The largest absolute Gasteiger partial charge is 0.513 e. The van der Waals surface area contributed by atoms with Crippen molar-refractivity contribution in [2.75, 3.05) is 24.6 Å². The van der Waals surface area contributed by atoms with Crippen LogP contribution in [0.1, 0.15) is 70.4 Å². The predicted octanol–water partition coefficient (Wildman–Crippen LogP) is 6.90. The number of aromatic amines is 2. The Hall–Kier alpha value is -3.55. The highest BCUT2D eigenvalue weighted by molar-refractivity contribution is 6.16. The SMILES string of the molecule is CCCCCN(CCCCC)c1nc2c(C)c3c([nH]c4ccc(OC(=O)OCC)cc43)c(C)c2c(=O)[nH]1. The minimum atomic E-state index is -0.732. The van der Waals surface area contributed by atoms with Crippen molar-refractivity contribution in [3.05, 3.63) is 39.7 Å². The van der Waals surface area contributed by atoms with Gasteiger partial charge in [0.15, 0.2) is 0 Å². The fourth-order valence-electron chi connectivity index (χ4n) is 5.05. The van der Waals surface area contributed by atoms with Crippen LogP contribution >= 0.6 is 0 Å². The van der Waals surface area contributed by atoms with Crippen molar-refractivity contribution >= 4 is 44.8 Å². The molecule has 198 valence electrons. The second kappa shape index (κ2) is 11.7. The van der Waals surface area contributed by atoms with E-state index in [9.17, 15) is 9.59 Å². The molecule has 2 aromatic heterocycles. The Morgan fingerprint density at radius 2 is 1.65 bits per heavy atom. The molecule has 0 bridgehead atoms. The molecule has 0 atom stereocenters. The Labute approximate surface area is 217 Å². The van der Waals surface area contributed by atoms with Crippen molar-refractivity contribution in [1.29, 1.82) is 0 Å². The van der Waals surface area contributed by atoms with Crippen LogP contribution in [0.4, 0.5) is 10.7 Å². The number of aryl methyl sites for hydroxylation is 2. The quantitative estimate of drug-likeness (QED) is 0.130. The average molecular weight is 507 g/mol. The van der Waals surface area contributed by atoms with E-state index in [0.29, 0.717) is 22.6 Å². The van der Waals surface area contributed by atoms with Gasteiger partial charge in [0.05, 0.1) is 23.0 Å². The molecule has 0 spiro atoms. The monoisotopic (exact) mass is 506 g/mol. The summed E-state index contributed by atoms with van der Waals surface area (Å²) >= 11 is 0. The molecular formula is C29H38N4O4. The molecule has 0 unspecified atom stereocenters. The van der Waals surface area contributed by atoms with Gasteiger partial charge in [-0.25, -0.2) is 9.78 Å². The molecule has 4 rings (SSSR count). The number of fused-ring (bicyclic) bond motifs is 4. The van der Waals surface area contributed by atoms with Gasteiger partial charge in [-0.15, -0.1) is 0 Å². The van der Waals surface area contributed by atoms with Crippen molar-refractivity contribution in [3.63, 3.8) is 0 Å². The van der Waals surface area contributed by atoms with Crippen LogP contribution < -0.4 is 15.2 Å². The van der Waals surface area contributed by atoms with Crippen LogP contribution in [0.3, 0.4) is 0 Å². The minimum Gasteiger partial charge on any atom is -0.434 e. The van der Waals surface area contributed by atoms with Crippen molar-refractivity contribution in [3.8, 4) is 5.75 Å². The summed E-state index contributed by atoms with van der Waals surface area (Å²) in [6.45, 7) is 12.1. The van der Waals surface area contributed by atoms with E-state index in [-0.39, 0.29) is 12.2 Å². The smallest absolute Gasteiger partial charge is 0.434 e. The van der Waals surface area contributed by atoms with Crippen LogP contribution in [-0.2, 0) is 4.74 Å². The molecule has 0 fully saturated rings. The van der Waals surface area contributed by atoms with Gasteiger partial charge in [0.1, 0.15) is 5.75 Å². The molecule has 0 radical (unpaired) electrons. The summed E-state index contributed by atoms with van der Waals surface area (Å²) in [7, 11) is 0. The Morgan fingerprint density at radius 3 is 2.30 bits per heavy atom. The Kier molecular flexibility index (Phi) is 8.36. The first kappa shape index (κ1) is 26.5. The summed E-state index contributed by atoms with van der Waals surface area (Å²) in [6.07, 6.45) is 5.97. The predicted molar refractivity (Wildman–Crippen MR) is 150 cm³/mol. The van der Waals surface area contributed by atoms with E-state index in [0.717, 1.165) is 84.5 Å². The van der Waals surface area contributed by atoms with E-state index in [4.69, 9.17) is 14.5 Å². The Balaban J connectivity index is 1.86. The molecule has 4 aromatic rings. The Bertz CT molecular complexity index is 1460. The molecule has 2 N–H and O–H groups in total. The van der Waals surface area contributed by atoms with E-state index < -0.39 is 6.16 Å². The molecule has 37 heavy (non-hydrogen) atoms. The standard InChI is InChI=1S/C29H38N4O4/c1-6-9-11-15-33(16-12-10-7-2)28-31-26-18(4)23-21-17-20(37-29(35)36-8-3)13-14-22(21)30-25(23)19(5)24(26)27(34)32-28/h13-14,17,30H,6-12,15-16H2,1-5H3,(H,31,32,34). The number of rotatable bonds is 11. The first-order valence-electron chi connectivity index (χ1n) is 13.5. The number of carbonyl (C=O) groups excluding carboxylic acids is 1. The zero-order valence-corrected chi connectivity index (χ0v) is 22.6. The number of hydrogen-bond donors (Lipinski definition) is 2. The summed E-state index contributed by atoms with van der Waals surface area (Å²) in [5.74, 6) is 1.04. The lowest BCUT2D eigenvalue weighted by Gasteiger charge is -2.24. The fourth-order valence-corrected chi connectivity index (χ4v) is 5.05. The fraction of sp³-hybridized carbons (Fsp3) is 0.483. The molecule has 0 saturated carbocycles. The number of aromatic nitrogens is 3. The molecule has 2 heterocycles. The maximum atomic E-state index is 13.4. The average Bonchev–Trinajstić information content (AvgIpc) is 3.25. The number of nitrogens with one attached hydrogen (secondary N) is 2. The molecule has 2 aromatic carbocycles. The van der Waals surface area contributed by atoms with Crippen LogP contribution in [0.2, 0.25) is 0 Å². The van der Waals surface area contributed by atoms with E-state index in [1.165, 1.54) is 0 Å².